The number of nitrogens with one attached hydrogen (secondary N) is 1. The second-order valence-corrected chi connectivity index (χ2v) is 7.93. The third-order valence-corrected chi connectivity index (χ3v) is 5.87. The van der Waals surface area contributed by atoms with Gasteiger partial charge in [-0.25, -0.2) is 8.78 Å². The van der Waals surface area contributed by atoms with Gasteiger partial charge in [0, 0.05) is 24.4 Å². The zero-order valence-electron chi connectivity index (χ0n) is 15.9. The smallest absolute Gasteiger partial charge is 0.416 e. The van der Waals surface area contributed by atoms with Crippen molar-refractivity contribution in [2.24, 2.45) is 5.92 Å². The standard InChI is InChI=1S/C20H21F5N2O3/c21-19(22,11-1-4-13(28)5-2-11)10-27-8-7-26-18(29)17-16(27)14-9-12(20(23,24)25)3-6-15(14)30-17/h3,6,9,11,13,28H,1-2,4-5,7-8,10H2,(H,26,29). The third-order valence-electron chi connectivity index (χ3n) is 5.87. The molecule has 1 amide bonds. The van der Waals surface area contributed by atoms with E-state index in [9.17, 15) is 23.1 Å². The second-order valence-electron chi connectivity index (χ2n) is 7.93. The van der Waals surface area contributed by atoms with Crippen molar-refractivity contribution in [2.45, 2.75) is 43.9 Å². The minimum absolute atomic E-state index is 0.00849. The van der Waals surface area contributed by atoms with Crippen molar-refractivity contribution in [1.82, 2.24) is 5.32 Å². The maximum atomic E-state index is 15.1. The summed E-state index contributed by atoms with van der Waals surface area (Å²) in [4.78, 5) is 13.6. The zero-order chi connectivity index (χ0) is 21.7. The molecule has 5 nitrogen and oxygen atoms in total. The van der Waals surface area contributed by atoms with Crippen molar-refractivity contribution in [2.75, 3.05) is 24.5 Å². The molecule has 1 aromatic heterocycles. The molecule has 0 unspecified atom stereocenters. The molecule has 1 fully saturated rings. The highest BCUT2D eigenvalue weighted by Gasteiger charge is 2.44. The van der Waals surface area contributed by atoms with Gasteiger partial charge in [-0.15, -0.1) is 0 Å². The van der Waals surface area contributed by atoms with Gasteiger partial charge in [0.05, 0.1) is 23.9 Å². The van der Waals surface area contributed by atoms with Crippen LogP contribution in [0.4, 0.5) is 27.6 Å². The van der Waals surface area contributed by atoms with Gasteiger partial charge in [0.2, 0.25) is 5.76 Å². The van der Waals surface area contributed by atoms with Crippen molar-refractivity contribution >= 4 is 22.6 Å². The van der Waals surface area contributed by atoms with Crippen LogP contribution in [-0.4, -0.2) is 42.7 Å². The van der Waals surface area contributed by atoms with Crippen LogP contribution < -0.4 is 10.2 Å². The number of aliphatic hydroxyl groups is 1. The minimum atomic E-state index is -4.62. The van der Waals surface area contributed by atoms with Crippen LogP contribution in [0.15, 0.2) is 22.6 Å². The summed E-state index contributed by atoms with van der Waals surface area (Å²) in [7, 11) is 0. The molecule has 164 valence electrons. The number of carbonyl (C=O) groups is 1. The molecule has 4 rings (SSSR count). The molecule has 0 bridgehead atoms. The van der Waals surface area contributed by atoms with E-state index in [1.165, 1.54) is 4.90 Å². The van der Waals surface area contributed by atoms with Crippen LogP contribution in [0.25, 0.3) is 11.0 Å². The average molecular weight is 432 g/mol. The van der Waals surface area contributed by atoms with Gasteiger partial charge >= 0.3 is 6.18 Å². The number of hydrogen-bond acceptors (Lipinski definition) is 4. The Hall–Kier alpha value is -2.36. The van der Waals surface area contributed by atoms with Gasteiger partial charge in [-0.3, -0.25) is 4.79 Å². The lowest BCUT2D eigenvalue weighted by Gasteiger charge is -2.35. The van der Waals surface area contributed by atoms with Crippen molar-refractivity contribution in [3.05, 3.63) is 29.5 Å². The number of anilines is 1. The van der Waals surface area contributed by atoms with Crippen LogP contribution in [0.5, 0.6) is 0 Å². The number of hydrogen-bond donors (Lipinski definition) is 2. The molecule has 30 heavy (non-hydrogen) atoms. The summed E-state index contributed by atoms with van der Waals surface area (Å²) >= 11 is 0. The van der Waals surface area contributed by atoms with Gasteiger partial charge in [-0.05, 0) is 43.9 Å². The summed E-state index contributed by atoms with van der Waals surface area (Å²) in [6.07, 6.45) is -4.30. The summed E-state index contributed by atoms with van der Waals surface area (Å²) in [5, 5.41) is 12.1. The molecule has 1 aliphatic carbocycles. The summed E-state index contributed by atoms with van der Waals surface area (Å²) in [6, 6.07) is 2.76. The summed E-state index contributed by atoms with van der Waals surface area (Å²) in [5.74, 6) is -5.01. The molecule has 0 atom stereocenters. The quantitative estimate of drug-likeness (QED) is 0.714. The predicted octanol–water partition coefficient (Wildman–Crippen LogP) is 4.19. The van der Waals surface area contributed by atoms with Crippen LogP contribution in [0.2, 0.25) is 0 Å². The highest BCUT2D eigenvalue weighted by atomic mass is 19.4. The van der Waals surface area contributed by atoms with Gasteiger partial charge in [0.25, 0.3) is 11.8 Å². The Balaban J connectivity index is 1.73. The lowest BCUT2D eigenvalue weighted by atomic mass is 9.83. The van der Waals surface area contributed by atoms with E-state index in [0.29, 0.717) is 0 Å². The number of amides is 1. The monoisotopic (exact) mass is 432 g/mol. The lowest BCUT2D eigenvalue weighted by molar-refractivity contribution is -0.137. The van der Waals surface area contributed by atoms with E-state index >= 15 is 8.78 Å². The summed E-state index contributed by atoms with van der Waals surface area (Å²) in [5.41, 5.74) is -0.961. The molecule has 0 radical (unpaired) electrons. The van der Waals surface area contributed by atoms with E-state index in [2.05, 4.69) is 5.32 Å². The van der Waals surface area contributed by atoms with Crippen molar-refractivity contribution < 1.29 is 36.3 Å². The fourth-order valence-corrected chi connectivity index (χ4v) is 4.27. The second kappa shape index (κ2) is 7.40. The first-order valence-electron chi connectivity index (χ1n) is 9.79. The third kappa shape index (κ3) is 3.84. The molecule has 10 heteroatoms. The first-order valence-corrected chi connectivity index (χ1v) is 9.79. The van der Waals surface area contributed by atoms with Gasteiger partial charge in [-0.1, -0.05) is 0 Å². The molecule has 1 saturated carbocycles. The topological polar surface area (TPSA) is 65.7 Å². The highest BCUT2D eigenvalue weighted by Crippen LogP contribution is 2.42. The zero-order valence-corrected chi connectivity index (χ0v) is 15.9. The Labute approximate surface area is 168 Å². The number of alkyl halides is 5. The Bertz CT molecular complexity index is 948. The van der Waals surface area contributed by atoms with Crippen LogP contribution >= 0.6 is 0 Å². The largest absolute Gasteiger partial charge is 0.449 e. The Morgan fingerprint density at radius 1 is 1.13 bits per heavy atom. The van der Waals surface area contributed by atoms with Gasteiger partial charge in [-0.2, -0.15) is 13.2 Å². The average Bonchev–Trinajstić information content (AvgIpc) is 2.98. The maximum absolute atomic E-state index is 15.1. The number of halogens is 5. The number of rotatable bonds is 3. The molecule has 1 aromatic carbocycles. The molecule has 0 spiro atoms. The number of carbonyl (C=O) groups excluding carboxylic acids is 1. The van der Waals surface area contributed by atoms with Crippen LogP contribution in [-0.2, 0) is 6.18 Å². The van der Waals surface area contributed by atoms with Crippen molar-refractivity contribution in [3.8, 4) is 0 Å². The van der Waals surface area contributed by atoms with Crippen LogP contribution in [0, 0.1) is 5.92 Å². The molecule has 2 heterocycles. The lowest BCUT2D eigenvalue weighted by Crippen LogP contribution is -2.45. The van der Waals surface area contributed by atoms with Crippen molar-refractivity contribution in [3.63, 3.8) is 0 Å². The highest BCUT2D eigenvalue weighted by molar-refractivity contribution is 6.07. The number of nitrogens with zero attached hydrogens (tertiary/aromatic N) is 1. The van der Waals surface area contributed by atoms with Crippen LogP contribution in [0.3, 0.4) is 0 Å². The molecule has 2 aliphatic rings. The minimum Gasteiger partial charge on any atom is -0.449 e. The first-order chi connectivity index (χ1) is 14.1. The van der Waals surface area contributed by atoms with E-state index in [4.69, 9.17) is 4.42 Å². The maximum Gasteiger partial charge on any atom is 0.416 e. The van der Waals surface area contributed by atoms with Gasteiger partial charge in [0.15, 0.2) is 0 Å². The van der Waals surface area contributed by atoms with Gasteiger partial charge in [0.1, 0.15) is 5.58 Å². The van der Waals surface area contributed by atoms with Gasteiger partial charge < -0.3 is 19.7 Å². The first kappa shape index (κ1) is 20.9. The Kier molecular flexibility index (Phi) is 5.16. The molecule has 1 aliphatic heterocycles. The number of fused-ring (bicyclic) bond motifs is 3. The van der Waals surface area contributed by atoms with E-state index in [1.807, 2.05) is 0 Å². The number of aliphatic hydroxyl groups excluding tert-OH is 1. The molecule has 2 N–H and O–H groups in total. The molecule has 2 aromatic rings. The molecule has 0 saturated heterocycles. The van der Waals surface area contributed by atoms with E-state index in [0.717, 1.165) is 18.2 Å². The van der Waals surface area contributed by atoms with E-state index < -0.39 is 42.1 Å². The number of benzene rings is 1. The Morgan fingerprint density at radius 3 is 2.50 bits per heavy atom. The van der Waals surface area contributed by atoms with E-state index in [-0.39, 0.29) is 61.2 Å². The fourth-order valence-electron chi connectivity index (χ4n) is 4.27. The summed E-state index contributed by atoms with van der Waals surface area (Å²) < 4.78 is 75.2. The Morgan fingerprint density at radius 2 is 1.83 bits per heavy atom. The summed E-state index contributed by atoms with van der Waals surface area (Å²) in [6.45, 7) is -0.682. The van der Waals surface area contributed by atoms with Crippen LogP contribution in [0.1, 0.15) is 41.8 Å². The molecular weight excluding hydrogens is 411 g/mol. The fraction of sp³-hybridized carbons (Fsp3) is 0.550. The predicted molar refractivity (Wildman–Crippen MR) is 98.7 cm³/mol. The van der Waals surface area contributed by atoms with E-state index in [1.54, 1.807) is 0 Å². The van der Waals surface area contributed by atoms with Crippen molar-refractivity contribution in [1.29, 1.82) is 0 Å². The SMILES string of the molecule is O=C1NCCN(CC(F)(F)C2CCC(O)CC2)c2c1oc1ccc(C(F)(F)F)cc21. The number of furan rings is 1. The normalized spacial score (nSPS) is 23.3. The molecular formula is C20H21F5N2O3.